The maximum atomic E-state index is 13.0. The normalized spacial score (nSPS) is 13.2. The molecule has 1 nitrogen and oxygen atoms in total. The van der Waals surface area contributed by atoms with Gasteiger partial charge in [-0.25, -0.2) is 0 Å². The van der Waals surface area contributed by atoms with E-state index in [4.69, 9.17) is 5.73 Å². The van der Waals surface area contributed by atoms with Crippen LogP contribution >= 0.6 is 0 Å². The van der Waals surface area contributed by atoms with E-state index in [2.05, 4.69) is 0 Å². The minimum Gasteiger partial charge on any atom is -0.324 e. The number of rotatable bonds is 3. The molecule has 0 aliphatic heterocycles. The maximum absolute atomic E-state index is 13.0. The van der Waals surface area contributed by atoms with Gasteiger partial charge in [0, 0.05) is 6.04 Å². The molecule has 0 fully saturated rings. The fourth-order valence-corrected chi connectivity index (χ4v) is 2.45. The van der Waals surface area contributed by atoms with Gasteiger partial charge in [0.15, 0.2) is 0 Å². The molecule has 0 amide bonds. The molecule has 0 heterocycles. The van der Waals surface area contributed by atoms with Crippen LogP contribution in [0.5, 0.6) is 0 Å². The molecule has 0 radical (unpaired) electrons. The van der Waals surface area contributed by atoms with Gasteiger partial charge in [0.1, 0.15) is 0 Å². The Morgan fingerprint density at radius 3 is 2.38 bits per heavy atom. The maximum Gasteiger partial charge on any atom is 0.416 e. The predicted octanol–water partition coefficient (Wildman–Crippen LogP) is 4.56. The molecule has 4 heteroatoms. The largest absolute Gasteiger partial charge is 0.416 e. The molecule has 2 aromatic rings. The lowest BCUT2D eigenvalue weighted by molar-refractivity contribution is -0.138. The van der Waals surface area contributed by atoms with Crippen LogP contribution in [0.25, 0.3) is 0 Å². The number of hydrogen-bond donors (Lipinski definition) is 1. The Morgan fingerprint density at radius 2 is 1.71 bits per heavy atom. The van der Waals surface area contributed by atoms with Crippen LogP contribution in [-0.2, 0) is 12.6 Å². The summed E-state index contributed by atoms with van der Waals surface area (Å²) >= 11 is 0. The predicted molar refractivity (Wildman–Crippen MR) is 78.0 cm³/mol. The zero-order valence-corrected chi connectivity index (χ0v) is 12.0. The van der Waals surface area contributed by atoms with E-state index in [9.17, 15) is 13.2 Å². The second-order valence-electron chi connectivity index (χ2n) is 5.33. The lowest BCUT2D eigenvalue weighted by Crippen LogP contribution is -2.19. The van der Waals surface area contributed by atoms with Crippen molar-refractivity contribution < 1.29 is 13.2 Å². The molecule has 1 atom stereocenters. The van der Waals surface area contributed by atoms with Crippen molar-refractivity contribution in [1.82, 2.24) is 0 Å². The summed E-state index contributed by atoms with van der Waals surface area (Å²) in [5.41, 5.74) is 8.64. The Hall–Kier alpha value is -1.81. The topological polar surface area (TPSA) is 26.0 Å². The minimum absolute atomic E-state index is 0.144. The summed E-state index contributed by atoms with van der Waals surface area (Å²) in [6, 6.07) is 10.8. The zero-order chi connectivity index (χ0) is 15.6. The Balaban J connectivity index is 2.33. The van der Waals surface area contributed by atoms with Crippen LogP contribution in [0.3, 0.4) is 0 Å². The number of aryl methyl sites for hydroxylation is 2. The van der Waals surface area contributed by atoms with Crippen molar-refractivity contribution in [2.75, 3.05) is 0 Å². The van der Waals surface area contributed by atoms with Gasteiger partial charge in [-0.3, -0.25) is 0 Å². The number of halogens is 3. The second-order valence-corrected chi connectivity index (χ2v) is 5.33. The van der Waals surface area contributed by atoms with E-state index in [-0.39, 0.29) is 5.56 Å². The Morgan fingerprint density at radius 1 is 1.05 bits per heavy atom. The van der Waals surface area contributed by atoms with Gasteiger partial charge < -0.3 is 5.73 Å². The molecular formula is C17H18F3N. The highest BCUT2D eigenvalue weighted by Crippen LogP contribution is 2.34. The number of alkyl halides is 3. The molecule has 2 aromatic carbocycles. The van der Waals surface area contributed by atoms with Crippen LogP contribution in [0.1, 0.15) is 33.9 Å². The average Bonchev–Trinajstić information content (AvgIpc) is 2.42. The molecule has 2 N–H and O–H groups in total. The van der Waals surface area contributed by atoms with Gasteiger partial charge in [0.25, 0.3) is 0 Å². The van der Waals surface area contributed by atoms with Crippen molar-refractivity contribution in [3.63, 3.8) is 0 Å². The summed E-state index contributed by atoms with van der Waals surface area (Å²) in [6.45, 7) is 3.90. The van der Waals surface area contributed by atoms with Gasteiger partial charge in [-0.2, -0.15) is 13.2 Å². The van der Waals surface area contributed by atoms with Crippen LogP contribution in [-0.4, -0.2) is 0 Å². The van der Waals surface area contributed by atoms with Crippen molar-refractivity contribution in [2.24, 2.45) is 5.73 Å². The van der Waals surface area contributed by atoms with Gasteiger partial charge in [-0.15, -0.1) is 0 Å². The molecule has 0 saturated heterocycles. The fourth-order valence-electron chi connectivity index (χ4n) is 2.45. The van der Waals surface area contributed by atoms with Crippen molar-refractivity contribution >= 4 is 0 Å². The van der Waals surface area contributed by atoms with Crippen molar-refractivity contribution in [2.45, 2.75) is 32.5 Å². The summed E-state index contributed by atoms with van der Waals surface area (Å²) in [4.78, 5) is 0. The smallest absolute Gasteiger partial charge is 0.324 e. The molecule has 0 spiro atoms. The quantitative estimate of drug-likeness (QED) is 0.881. The summed E-state index contributed by atoms with van der Waals surface area (Å²) < 4.78 is 39.1. The lowest BCUT2D eigenvalue weighted by Gasteiger charge is -2.19. The molecule has 21 heavy (non-hydrogen) atoms. The fraction of sp³-hybridized carbons (Fsp3) is 0.294. The summed E-state index contributed by atoms with van der Waals surface area (Å²) in [5, 5.41) is 0. The van der Waals surface area contributed by atoms with Crippen LogP contribution in [0, 0.1) is 13.8 Å². The van der Waals surface area contributed by atoms with E-state index >= 15 is 0 Å². The SMILES string of the molecule is Cc1ccc(C)c(CC(N)c2ccccc2C(F)(F)F)c1. The molecule has 112 valence electrons. The van der Waals surface area contributed by atoms with Crippen molar-refractivity contribution in [1.29, 1.82) is 0 Å². The monoisotopic (exact) mass is 293 g/mol. The molecule has 2 rings (SSSR count). The Labute approximate surface area is 122 Å². The first kappa shape index (κ1) is 15.6. The first-order chi connectivity index (χ1) is 9.79. The van der Waals surface area contributed by atoms with Crippen molar-refractivity contribution in [3.8, 4) is 0 Å². The Bertz CT molecular complexity index is 632. The van der Waals surface area contributed by atoms with Crippen LogP contribution in [0.15, 0.2) is 42.5 Å². The number of nitrogens with two attached hydrogens (primary N) is 1. The third-order valence-corrected chi connectivity index (χ3v) is 3.61. The highest BCUT2D eigenvalue weighted by Gasteiger charge is 2.34. The molecule has 0 bridgehead atoms. The van der Waals surface area contributed by atoms with E-state index < -0.39 is 17.8 Å². The second kappa shape index (κ2) is 5.90. The highest BCUT2D eigenvalue weighted by atomic mass is 19.4. The summed E-state index contributed by atoms with van der Waals surface area (Å²) in [7, 11) is 0. The molecule has 1 unspecified atom stereocenters. The van der Waals surface area contributed by atoms with Gasteiger partial charge in [-0.05, 0) is 43.0 Å². The average molecular weight is 293 g/mol. The summed E-state index contributed by atoms with van der Waals surface area (Å²) in [6.07, 6.45) is -3.99. The molecule has 0 saturated carbocycles. The molecule has 0 aliphatic carbocycles. The highest BCUT2D eigenvalue weighted by molar-refractivity contribution is 5.36. The third-order valence-electron chi connectivity index (χ3n) is 3.61. The first-order valence-electron chi connectivity index (χ1n) is 6.77. The van der Waals surface area contributed by atoms with Crippen LogP contribution < -0.4 is 5.73 Å². The number of hydrogen-bond acceptors (Lipinski definition) is 1. The van der Waals surface area contributed by atoms with Gasteiger partial charge in [0.05, 0.1) is 5.56 Å². The molecular weight excluding hydrogens is 275 g/mol. The zero-order valence-electron chi connectivity index (χ0n) is 12.0. The lowest BCUT2D eigenvalue weighted by atomic mass is 9.92. The number of benzene rings is 2. The van der Waals surface area contributed by atoms with Gasteiger partial charge in [0.2, 0.25) is 0 Å². The van der Waals surface area contributed by atoms with E-state index in [0.717, 1.165) is 22.8 Å². The third kappa shape index (κ3) is 3.64. The standard InChI is InChI=1S/C17H18F3N/c1-11-7-8-12(2)13(9-11)10-16(21)14-5-3-4-6-15(14)17(18,19)20/h3-9,16H,10,21H2,1-2H3. The van der Waals surface area contributed by atoms with E-state index in [1.807, 2.05) is 32.0 Å². The first-order valence-corrected chi connectivity index (χ1v) is 6.77. The van der Waals surface area contributed by atoms with Crippen LogP contribution in [0.2, 0.25) is 0 Å². The summed E-state index contributed by atoms with van der Waals surface area (Å²) in [5.74, 6) is 0. The minimum atomic E-state index is -4.38. The van der Waals surface area contributed by atoms with Crippen LogP contribution in [0.4, 0.5) is 13.2 Å². The van der Waals surface area contributed by atoms with E-state index in [1.165, 1.54) is 12.1 Å². The molecule has 0 aromatic heterocycles. The van der Waals surface area contributed by atoms with E-state index in [0.29, 0.717) is 6.42 Å². The van der Waals surface area contributed by atoms with E-state index in [1.54, 1.807) is 6.07 Å². The van der Waals surface area contributed by atoms with Gasteiger partial charge >= 0.3 is 6.18 Å². The van der Waals surface area contributed by atoms with Crippen molar-refractivity contribution in [3.05, 3.63) is 70.3 Å². The Kier molecular flexibility index (Phi) is 4.37. The molecule has 0 aliphatic rings. The van der Waals surface area contributed by atoms with Gasteiger partial charge in [-0.1, -0.05) is 42.0 Å².